The second-order valence-electron chi connectivity index (χ2n) is 16.0. The van der Waals surface area contributed by atoms with Crippen molar-refractivity contribution in [3.8, 4) is 0 Å². The Kier molecular flexibility index (Phi) is 13.4. The molecule has 4 rings (SSSR count). The molecular formula is C44H60N2O4S2. The quantitative estimate of drug-likeness (QED) is 0.127. The summed E-state index contributed by atoms with van der Waals surface area (Å²) in [6, 6.07) is 24.6. The maximum absolute atomic E-state index is 15.0. The highest BCUT2D eigenvalue weighted by atomic mass is 32.2. The third kappa shape index (κ3) is 9.25. The van der Waals surface area contributed by atoms with Crippen molar-refractivity contribution in [2.45, 2.75) is 140 Å². The molecule has 6 nitrogen and oxygen atoms in total. The highest BCUT2D eigenvalue weighted by Gasteiger charge is 2.37. The Morgan fingerprint density at radius 1 is 0.365 bits per heavy atom. The Labute approximate surface area is 315 Å². The van der Waals surface area contributed by atoms with Crippen LogP contribution in [0.3, 0.4) is 0 Å². The smallest absolute Gasteiger partial charge is 0.207 e. The molecule has 2 N–H and O–H groups in total. The molecule has 282 valence electrons. The third-order valence-corrected chi connectivity index (χ3v) is 13.1. The Bertz CT molecular complexity index is 1830. The van der Waals surface area contributed by atoms with Crippen LogP contribution in [0.5, 0.6) is 0 Å². The Morgan fingerprint density at radius 2 is 0.615 bits per heavy atom. The van der Waals surface area contributed by atoms with Crippen LogP contribution in [-0.4, -0.2) is 16.8 Å². The van der Waals surface area contributed by atoms with Crippen LogP contribution in [0.25, 0.3) is 0 Å². The average molecular weight is 745 g/mol. The van der Waals surface area contributed by atoms with Crippen LogP contribution in [0.15, 0.2) is 94.7 Å². The first-order chi connectivity index (χ1) is 24.3. The molecule has 0 unspecified atom stereocenters. The summed E-state index contributed by atoms with van der Waals surface area (Å²) >= 11 is 0. The number of benzene rings is 4. The summed E-state index contributed by atoms with van der Waals surface area (Å²) in [5.74, 6) is 0.154. The van der Waals surface area contributed by atoms with Gasteiger partial charge in [-0.15, -0.1) is 0 Å². The minimum absolute atomic E-state index is 0.0703. The number of hydrogen-bond donors (Lipinski definition) is 2. The largest absolute Gasteiger partial charge is 0.241 e. The highest BCUT2D eigenvalue weighted by molar-refractivity contribution is 7.90. The summed E-state index contributed by atoms with van der Waals surface area (Å²) in [6.07, 6.45) is 0. The van der Waals surface area contributed by atoms with Gasteiger partial charge in [-0.3, -0.25) is 0 Å². The van der Waals surface area contributed by atoms with Crippen molar-refractivity contribution < 1.29 is 16.8 Å². The molecule has 4 aromatic rings. The second kappa shape index (κ2) is 16.8. The summed E-state index contributed by atoms with van der Waals surface area (Å²) < 4.78 is 66.2. The Balaban J connectivity index is 2.01. The summed E-state index contributed by atoms with van der Waals surface area (Å²) in [5, 5.41) is 0. The van der Waals surface area contributed by atoms with Gasteiger partial charge in [-0.05, 0) is 80.0 Å². The Morgan fingerprint density at radius 3 is 0.827 bits per heavy atom. The van der Waals surface area contributed by atoms with E-state index in [-0.39, 0.29) is 45.3 Å². The van der Waals surface area contributed by atoms with E-state index >= 15 is 16.8 Å². The molecule has 0 saturated carbocycles. The zero-order chi connectivity index (χ0) is 38.7. The first-order valence-electron chi connectivity index (χ1n) is 18.8. The van der Waals surface area contributed by atoms with E-state index in [0.717, 1.165) is 33.4 Å². The van der Waals surface area contributed by atoms with Gasteiger partial charge in [0.1, 0.15) is 0 Å². The predicted molar refractivity (Wildman–Crippen MR) is 216 cm³/mol. The van der Waals surface area contributed by atoms with Gasteiger partial charge in [0, 0.05) is 0 Å². The topological polar surface area (TPSA) is 92.3 Å². The first-order valence-corrected chi connectivity index (χ1v) is 21.7. The molecule has 0 aliphatic carbocycles. The van der Waals surface area contributed by atoms with E-state index in [4.69, 9.17) is 0 Å². The molecule has 0 saturated heterocycles. The fourth-order valence-corrected chi connectivity index (χ4v) is 10.7. The van der Waals surface area contributed by atoms with Gasteiger partial charge in [-0.25, -0.2) is 26.3 Å². The average Bonchev–Trinajstić information content (AvgIpc) is 3.09. The highest BCUT2D eigenvalue weighted by Crippen LogP contribution is 2.40. The molecule has 0 amide bonds. The van der Waals surface area contributed by atoms with Crippen LogP contribution in [0, 0.1) is 0 Å². The van der Waals surface area contributed by atoms with Gasteiger partial charge >= 0.3 is 0 Å². The van der Waals surface area contributed by atoms with Crippen LogP contribution in [0.4, 0.5) is 0 Å². The molecule has 0 bridgehead atoms. The van der Waals surface area contributed by atoms with E-state index in [1.54, 1.807) is 0 Å². The molecule has 0 aliphatic rings. The van der Waals surface area contributed by atoms with Crippen LogP contribution in [-0.2, 0) is 20.0 Å². The summed E-state index contributed by atoms with van der Waals surface area (Å²) in [7, 11) is -8.44. The molecule has 0 spiro atoms. The molecule has 0 heterocycles. The first kappa shape index (κ1) is 41.5. The summed E-state index contributed by atoms with van der Waals surface area (Å²) in [6.45, 7) is 24.6. The summed E-state index contributed by atoms with van der Waals surface area (Å²) in [4.78, 5) is 0.539. The minimum Gasteiger partial charge on any atom is -0.207 e. The van der Waals surface area contributed by atoms with Crippen LogP contribution in [0.2, 0.25) is 0 Å². The van der Waals surface area contributed by atoms with Crippen molar-refractivity contribution in [2.24, 2.45) is 0 Å². The molecular weight excluding hydrogens is 685 g/mol. The molecule has 0 radical (unpaired) electrons. The molecule has 4 aromatic carbocycles. The zero-order valence-electron chi connectivity index (χ0n) is 33.2. The van der Waals surface area contributed by atoms with Crippen LogP contribution < -0.4 is 9.44 Å². The van der Waals surface area contributed by atoms with Crippen molar-refractivity contribution in [2.75, 3.05) is 0 Å². The molecule has 0 aromatic heterocycles. The standard InChI is InChI=1S/C44H60N2O4S2/c1-27(2)35-23-37(29(5)6)43(38(24-35)30(7)8)51(47,48)45-41(33-19-15-13-16-20-33)42(34-21-17-14-18-22-34)46-52(49,50)44-39(31(9)10)25-36(28(3)4)26-40(44)32(11)12/h13-32,41-42,45-46H,1-12H3/t41-,42+. The van der Waals surface area contributed by atoms with Gasteiger partial charge in [0.2, 0.25) is 20.0 Å². The third-order valence-electron chi connectivity index (χ3n) is 9.91. The monoisotopic (exact) mass is 744 g/mol. The maximum atomic E-state index is 15.0. The fraction of sp³-hybridized carbons (Fsp3) is 0.455. The lowest BCUT2D eigenvalue weighted by atomic mass is 9.89. The van der Waals surface area contributed by atoms with E-state index in [1.165, 1.54) is 0 Å². The van der Waals surface area contributed by atoms with Gasteiger partial charge in [-0.2, -0.15) is 0 Å². The molecule has 0 aliphatic heterocycles. The van der Waals surface area contributed by atoms with E-state index in [2.05, 4.69) is 37.1 Å². The van der Waals surface area contributed by atoms with E-state index in [9.17, 15) is 0 Å². The van der Waals surface area contributed by atoms with E-state index in [0.29, 0.717) is 11.1 Å². The van der Waals surface area contributed by atoms with E-state index < -0.39 is 32.1 Å². The number of nitrogens with one attached hydrogen (secondary N) is 2. The SMILES string of the molecule is CC(C)c1cc(C(C)C)c(S(=O)(=O)N[C@H](c2ccccc2)[C@@H](NS(=O)(=O)c2c(C(C)C)cc(C(C)C)cc2C(C)C)c2ccccc2)c(C(C)C)c1. The zero-order valence-corrected chi connectivity index (χ0v) is 34.8. The second-order valence-corrected chi connectivity index (χ2v) is 19.3. The lowest BCUT2D eigenvalue weighted by Crippen LogP contribution is -2.41. The number of rotatable bonds is 15. The Hall–Kier alpha value is -3.30. The van der Waals surface area contributed by atoms with Gasteiger partial charge in [0.15, 0.2) is 0 Å². The lowest BCUT2D eigenvalue weighted by Gasteiger charge is -2.32. The fourth-order valence-electron chi connectivity index (χ4n) is 6.83. The van der Waals surface area contributed by atoms with Gasteiger partial charge in [-0.1, -0.05) is 168 Å². The van der Waals surface area contributed by atoms with Gasteiger partial charge < -0.3 is 0 Å². The number of sulfonamides is 2. The predicted octanol–water partition coefficient (Wildman–Crippen LogP) is 11.2. The minimum atomic E-state index is -4.22. The summed E-state index contributed by atoms with van der Waals surface area (Å²) in [5.41, 5.74) is 6.46. The van der Waals surface area contributed by atoms with Crippen LogP contribution >= 0.6 is 0 Å². The lowest BCUT2D eigenvalue weighted by molar-refractivity contribution is 0.464. The van der Waals surface area contributed by atoms with Crippen molar-refractivity contribution in [3.05, 3.63) is 129 Å². The normalized spacial score (nSPS) is 14.0. The van der Waals surface area contributed by atoms with E-state index in [1.807, 2.05) is 140 Å². The van der Waals surface area contributed by atoms with Crippen LogP contribution in [0.1, 0.15) is 175 Å². The van der Waals surface area contributed by atoms with Crippen molar-refractivity contribution in [3.63, 3.8) is 0 Å². The van der Waals surface area contributed by atoms with Crippen molar-refractivity contribution in [1.29, 1.82) is 0 Å². The molecule has 2 atom stereocenters. The van der Waals surface area contributed by atoms with Crippen molar-refractivity contribution in [1.82, 2.24) is 9.44 Å². The van der Waals surface area contributed by atoms with Crippen molar-refractivity contribution >= 4 is 20.0 Å². The maximum Gasteiger partial charge on any atom is 0.241 e. The van der Waals surface area contributed by atoms with Gasteiger partial charge in [0.05, 0.1) is 21.9 Å². The molecule has 52 heavy (non-hydrogen) atoms. The number of hydrogen-bond acceptors (Lipinski definition) is 4. The van der Waals surface area contributed by atoms with Gasteiger partial charge in [0.25, 0.3) is 0 Å². The molecule has 8 heteroatoms. The molecule has 0 fully saturated rings.